The average molecular weight is 245 g/mol. The van der Waals surface area contributed by atoms with Gasteiger partial charge >= 0.3 is 0 Å². The summed E-state index contributed by atoms with van der Waals surface area (Å²) in [6.07, 6.45) is 10.6. The lowest BCUT2D eigenvalue weighted by Crippen LogP contribution is -2.15. The summed E-state index contributed by atoms with van der Waals surface area (Å²) in [4.78, 5) is 0. The van der Waals surface area contributed by atoms with Crippen molar-refractivity contribution in [3.05, 3.63) is 48.0 Å². The SMILES string of the molecule is C=CC(N)CCCCCCCc1ccc(C)cc1. The van der Waals surface area contributed by atoms with Crippen LogP contribution in [0.1, 0.15) is 49.7 Å². The summed E-state index contributed by atoms with van der Waals surface area (Å²) in [6, 6.07) is 9.09. The standard InChI is InChI=1S/C17H27N/c1-3-17(18)10-8-6-4-5-7-9-16-13-11-15(2)12-14-16/h3,11-14,17H,1,4-10,18H2,2H3. The minimum atomic E-state index is 0.192. The maximum absolute atomic E-state index is 5.78. The molecule has 1 aromatic carbocycles. The van der Waals surface area contributed by atoms with Crippen molar-refractivity contribution in [2.45, 2.75) is 57.9 Å². The molecule has 0 saturated heterocycles. The molecule has 1 nitrogen and oxygen atoms in total. The number of nitrogens with two attached hydrogens (primary N) is 1. The quantitative estimate of drug-likeness (QED) is 0.507. The van der Waals surface area contributed by atoms with Gasteiger partial charge in [-0.1, -0.05) is 61.6 Å². The molecule has 0 heterocycles. The minimum Gasteiger partial charge on any atom is -0.324 e. The van der Waals surface area contributed by atoms with Crippen LogP contribution in [0.15, 0.2) is 36.9 Å². The van der Waals surface area contributed by atoms with Crippen LogP contribution in [0, 0.1) is 6.92 Å². The van der Waals surface area contributed by atoms with E-state index in [0.717, 1.165) is 6.42 Å². The molecule has 0 aliphatic rings. The minimum absolute atomic E-state index is 0.192. The third kappa shape index (κ3) is 6.61. The first kappa shape index (κ1) is 15.0. The van der Waals surface area contributed by atoms with Gasteiger partial charge in [0, 0.05) is 6.04 Å². The molecule has 0 saturated carbocycles. The molecule has 0 aliphatic carbocycles. The predicted molar refractivity (Wildman–Crippen MR) is 80.8 cm³/mol. The van der Waals surface area contributed by atoms with E-state index in [2.05, 4.69) is 37.8 Å². The molecule has 0 amide bonds. The van der Waals surface area contributed by atoms with Crippen molar-refractivity contribution in [1.82, 2.24) is 0 Å². The lowest BCUT2D eigenvalue weighted by molar-refractivity contribution is 0.574. The van der Waals surface area contributed by atoms with E-state index in [9.17, 15) is 0 Å². The molecule has 1 aromatic rings. The summed E-state index contributed by atoms with van der Waals surface area (Å²) < 4.78 is 0. The van der Waals surface area contributed by atoms with E-state index >= 15 is 0 Å². The molecule has 0 aliphatic heterocycles. The second-order valence-corrected chi connectivity index (χ2v) is 5.19. The summed E-state index contributed by atoms with van der Waals surface area (Å²) in [5, 5.41) is 0. The van der Waals surface area contributed by atoms with Crippen LogP contribution in [0.3, 0.4) is 0 Å². The number of rotatable bonds is 9. The topological polar surface area (TPSA) is 26.0 Å². The van der Waals surface area contributed by atoms with Crippen molar-refractivity contribution >= 4 is 0 Å². The first-order valence-corrected chi connectivity index (χ1v) is 7.16. The average Bonchev–Trinajstić information content (AvgIpc) is 2.39. The summed E-state index contributed by atoms with van der Waals surface area (Å²) >= 11 is 0. The molecule has 2 N–H and O–H groups in total. The first-order chi connectivity index (χ1) is 8.72. The van der Waals surface area contributed by atoms with Gasteiger partial charge in [0.1, 0.15) is 0 Å². The van der Waals surface area contributed by atoms with Gasteiger partial charge in [0.2, 0.25) is 0 Å². The Morgan fingerprint density at radius 2 is 1.67 bits per heavy atom. The van der Waals surface area contributed by atoms with E-state index in [4.69, 9.17) is 5.73 Å². The number of aryl methyl sites for hydroxylation is 2. The Bertz CT molecular complexity index is 326. The summed E-state index contributed by atoms with van der Waals surface area (Å²) in [5.74, 6) is 0. The van der Waals surface area contributed by atoms with Crippen LogP contribution in [0.5, 0.6) is 0 Å². The number of benzene rings is 1. The number of unbranched alkanes of at least 4 members (excludes halogenated alkanes) is 4. The Morgan fingerprint density at radius 1 is 1.06 bits per heavy atom. The van der Waals surface area contributed by atoms with Gasteiger partial charge in [-0.25, -0.2) is 0 Å². The smallest absolute Gasteiger partial charge is 0.0221 e. The van der Waals surface area contributed by atoms with Crippen molar-refractivity contribution in [2.75, 3.05) is 0 Å². The van der Waals surface area contributed by atoms with Crippen molar-refractivity contribution in [1.29, 1.82) is 0 Å². The van der Waals surface area contributed by atoms with Gasteiger partial charge in [0.05, 0.1) is 0 Å². The Morgan fingerprint density at radius 3 is 2.33 bits per heavy atom. The Hall–Kier alpha value is -1.08. The molecule has 100 valence electrons. The zero-order chi connectivity index (χ0) is 13.2. The molecule has 0 fully saturated rings. The largest absolute Gasteiger partial charge is 0.324 e. The lowest BCUT2D eigenvalue weighted by Gasteiger charge is -2.05. The maximum atomic E-state index is 5.78. The van der Waals surface area contributed by atoms with E-state index in [1.165, 1.54) is 49.7 Å². The molecule has 1 rings (SSSR count). The van der Waals surface area contributed by atoms with Crippen molar-refractivity contribution in [3.63, 3.8) is 0 Å². The fourth-order valence-corrected chi connectivity index (χ4v) is 2.11. The van der Waals surface area contributed by atoms with Crippen LogP contribution in [-0.2, 0) is 6.42 Å². The molecular formula is C17H27N. The number of hydrogen-bond acceptors (Lipinski definition) is 1. The van der Waals surface area contributed by atoms with Crippen LogP contribution in [0.25, 0.3) is 0 Å². The normalized spacial score (nSPS) is 12.3. The molecule has 18 heavy (non-hydrogen) atoms. The summed E-state index contributed by atoms with van der Waals surface area (Å²) in [7, 11) is 0. The Kier molecular flexibility index (Phi) is 7.43. The van der Waals surface area contributed by atoms with Crippen LogP contribution < -0.4 is 5.73 Å². The molecular weight excluding hydrogens is 218 g/mol. The molecule has 1 atom stereocenters. The zero-order valence-corrected chi connectivity index (χ0v) is 11.7. The monoisotopic (exact) mass is 245 g/mol. The van der Waals surface area contributed by atoms with Gasteiger partial charge in [0.25, 0.3) is 0 Å². The highest BCUT2D eigenvalue weighted by molar-refractivity contribution is 5.21. The zero-order valence-electron chi connectivity index (χ0n) is 11.7. The van der Waals surface area contributed by atoms with Crippen molar-refractivity contribution < 1.29 is 0 Å². The molecule has 0 bridgehead atoms. The van der Waals surface area contributed by atoms with E-state index < -0.39 is 0 Å². The van der Waals surface area contributed by atoms with Gasteiger partial charge in [-0.15, -0.1) is 6.58 Å². The summed E-state index contributed by atoms with van der Waals surface area (Å²) in [6.45, 7) is 5.84. The van der Waals surface area contributed by atoms with Crippen LogP contribution in [0.4, 0.5) is 0 Å². The van der Waals surface area contributed by atoms with E-state index in [1.54, 1.807) is 0 Å². The highest BCUT2D eigenvalue weighted by Crippen LogP contribution is 2.11. The van der Waals surface area contributed by atoms with Crippen molar-refractivity contribution in [2.24, 2.45) is 5.73 Å². The van der Waals surface area contributed by atoms with E-state index in [1.807, 2.05) is 6.08 Å². The Labute approximate surface area is 112 Å². The molecule has 0 aromatic heterocycles. The fraction of sp³-hybridized carbons (Fsp3) is 0.529. The van der Waals surface area contributed by atoms with Gasteiger partial charge in [0.15, 0.2) is 0 Å². The van der Waals surface area contributed by atoms with Gasteiger partial charge < -0.3 is 5.73 Å². The molecule has 0 spiro atoms. The lowest BCUT2D eigenvalue weighted by atomic mass is 10.0. The van der Waals surface area contributed by atoms with Crippen LogP contribution >= 0.6 is 0 Å². The first-order valence-electron chi connectivity index (χ1n) is 7.16. The maximum Gasteiger partial charge on any atom is 0.0221 e. The van der Waals surface area contributed by atoms with E-state index in [0.29, 0.717) is 0 Å². The molecule has 1 unspecified atom stereocenters. The predicted octanol–water partition coefficient (Wildman–Crippen LogP) is 4.39. The van der Waals surface area contributed by atoms with E-state index in [-0.39, 0.29) is 6.04 Å². The summed E-state index contributed by atoms with van der Waals surface area (Å²) in [5.41, 5.74) is 8.60. The third-order valence-electron chi connectivity index (χ3n) is 3.43. The molecule has 1 heteroatoms. The Balaban J connectivity index is 1.98. The van der Waals surface area contributed by atoms with Gasteiger partial charge in [-0.3, -0.25) is 0 Å². The number of hydrogen-bond donors (Lipinski definition) is 1. The van der Waals surface area contributed by atoms with Gasteiger partial charge in [-0.2, -0.15) is 0 Å². The highest BCUT2D eigenvalue weighted by Gasteiger charge is 1.97. The van der Waals surface area contributed by atoms with Crippen LogP contribution in [-0.4, -0.2) is 6.04 Å². The second kappa shape index (κ2) is 8.93. The second-order valence-electron chi connectivity index (χ2n) is 5.19. The fourth-order valence-electron chi connectivity index (χ4n) is 2.11. The third-order valence-corrected chi connectivity index (χ3v) is 3.43. The van der Waals surface area contributed by atoms with Gasteiger partial charge in [-0.05, 0) is 31.7 Å². The molecule has 0 radical (unpaired) electrons. The highest BCUT2D eigenvalue weighted by atomic mass is 14.6. The van der Waals surface area contributed by atoms with Crippen LogP contribution in [0.2, 0.25) is 0 Å². The van der Waals surface area contributed by atoms with Crippen molar-refractivity contribution in [3.8, 4) is 0 Å².